The van der Waals surface area contributed by atoms with E-state index in [0.717, 1.165) is 0 Å². The molecule has 17 heteroatoms. The van der Waals surface area contributed by atoms with Crippen molar-refractivity contribution in [3.63, 3.8) is 0 Å². The summed E-state index contributed by atoms with van der Waals surface area (Å²) < 4.78 is 186. The van der Waals surface area contributed by atoms with Gasteiger partial charge in [-0.3, -0.25) is 0 Å². The number of carboxylic acid groups (broad SMARTS) is 1. The summed E-state index contributed by atoms with van der Waals surface area (Å²) in [6.07, 6.45) is -15.4. The van der Waals surface area contributed by atoms with Gasteiger partial charge in [0.1, 0.15) is 0 Å². The van der Waals surface area contributed by atoms with E-state index in [1.54, 1.807) is 0 Å². The van der Waals surface area contributed by atoms with Crippen LogP contribution in [-0.2, 0) is 4.79 Å². The van der Waals surface area contributed by atoms with Crippen molar-refractivity contribution in [3.8, 4) is 0 Å². The molecule has 0 saturated heterocycles. The number of carbonyl (C=O) groups excluding carboxylic acids is 1. The van der Waals surface area contributed by atoms with E-state index in [0.29, 0.717) is 0 Å². The maximum Gasteiger partial charge on any atom is 0.460 e. The molecule has 0 amide bonds. The second kappa shape index (κ2) is 5.46. The van der Waals surface area contributed by atoms with Crippen LogP contribution in [0.15, 0.2) is 0 Å². The van der Waals surface area contributed by atoms with E-state index < -0.39 is 47.7 Å². The maximum atomic E-state index is 13.0. The fourth-order valence-corrected chi connectivity index (χ4v) is 1.21. The Bertz CT molecular complexity index is 529. The van der Waals surface area contributed by atoms with Crippen molar-refractivity contribution in [2.45, 2.75) is 41.7 Å². The highest BCUT2D eigenvalue weighted by Gasteiger charge is 2.93. The molecule has 0 saturated carbocycles. The SMILES string of the molecule is O=C([O-])C(F)(C(F)(F)F)C(F)(F)C(F)(F)C(F)(F)C(F)(F)C(F)(F)F. The minimum atomic E-state index is -8.50. The molecule has 0 aromatic heterocycles. The van der Waals surface area contributed by atoms with Gasteiger partial charge in [-0.2, -0.15) is 61.5 Å². The normalized spacial score (nSPS) is 18.0. The van der Waals surface area contributed by atoms with Crippen LogP contribution < -0.4 is 5.11 Å². The van der Waals surface area contributed by atoms with E-state index in [2.05, 4.69) is 0 Å². The van der Waals surface area contributed by atoms with Gasteiger partial charge in [-0.15, -0.1) is 0 Å². The average Bonchev–Trinajstić information content (AvgIpc) is 2.33. The largest absolute Gasteiger partial charge is 0.546 e. The molecule has 0 aliphatic rings. The molecule has 1 unspecified atom stereocenters. The predicted octanol–water partition coefficient (Wildman–Crippen LogP) is 3.11. The lowest BCUT2D eigenvalue weighted by molar-refractivity contribution is -0.450. The summed E-state index contributed by atoms with van der Waals surface area (Å²) in [5.41, 5.74) is -7.74. The van der Waals surface area contributed by atoms with Crippen molar-refractivity contribution in [1.82, 2.24) is 0 Å². The molecule has 0 spiro atoms. The summed E-state index contributed by atoms with van der Waals surface area (Å²) in [4.78, 5) is 9.86. The molecule has 0 N–H and O–H groups in total. The van der Waals surface area contributed by atoms with E-state index in [1.807, 2.05) is 0 Å². The van der Waals surface area contributed by atoms with Gasteiger partial charge in [-0.1, -0.05) is 0 Å². The predicted molar refractivity (Wildman–Crippen MR) is 40.7 cm³/mol. The zero-order chi connectivity index (χ0) is 21.1. The van der Waals surface area contributed by atoms with Gasteiger partial charge in [0, 0.05) is 0 Å². The second-order valence-corrected chi connectivity index (χ2v) is 4.24. The third-order valence-electron chi connectivity index (χ3n) is 2.64. The summed E-state index contributed by atoms with van der Waals surface area (Å²) in [6.45, 7) is 0. The lowest BCUT2D eigenvalue weighted by Gasteiger charge is -2.43. The van der Waals surface area contributed by atoms with Crippen molar-refractivity contribution in [3.05, 3.63) is 0 Å². The highest BCUT2D eigenvalue weighted by atomic mass is 19.4. The summed E-state index contributed by atoms with van der Waals surface area (Å²) in [5, 5.41) is 9.86. The minimum absolute atomic E-state index is 4.84. The van der Waals surface area contributed by atoms with Crippen molar-refractivity contribution < 1.29 is 75.8 Å². The second-order valence-electron chi connectivity index (χ2n) is 4.24. The number of alkyl halides is 15. The number of rotatable bonds is 5. The number of aliphatic carboxylic acids is 1. The zero-order valence-electron chi connectivity index (χ0n) is 10.5. The van der Waals surface area contributed by atoms with Crippen LogP contribution >= 0.6 is 0 Å². The molecule has 150 valence electrons. The van der Waals surface area contributed by atoms with Crippen molar-refractivity contribution in [1.29, 1.82) is 0 Å². The number of carbonyl (C=O) groups is 1. The van der Waals surface area contributed by atoms with Gasteiger partial charge in [0.2, 0.25) is 0 Å². The minimum Gasteiger partial charge on any atom is -0.546 e. The molecule has 0 heterocycles. The Morgan fingerprint density at radius 1 is 0.480 bits per heavy atom. The van der Waals surface area contributed by atoms with Crippen molar-refractivity contribution >= 4 is 5.97 Å². The average molecular weight is 413 g/mol. The Morgan fingerprint density at radius 3 is 0.960 bits per heavy atom. The summed E-state index contributed by atoms with van der Waals surface area (Å²) in [6, 6.07) is 0. The Morgan fingerprint density at radius 2 is 0.760 bits per heavy atom. The molecule has 1 atom stereocenters. The first kappa shape index (κ1) is 23.4. The number of hydrogen-bond donors (Lipinski definition) is 0. The van der Waals surface area contributed by atoms with Gasteiger partial charge in [0.15, 0.2) is 0 Å². The van der Waals surface area contributed by atoms with Gasteiger partial charge in [0.05, 0.1) is 5.97 Å². The Hall–Kier alpha value is -1.58. The number of carboxylic acids is 1. The third-order valence-corrected chi connectivity index (χ3v) is 2.64. The van der Waals surface area contributed by atoms with Gasteiger partial charge in [-0.25, -0.2) is 4.39 Å². The van der Waals surface area contributed by atoms with E-state index in [4.69, 9.17) is 0 Å². The smallest absolute Gasteiger partial charge is 0.460 e. The van der Waals surface area contributed by atoms with Crippen LogP contribution in [0.4, 0.5) is 65.9 Å². The molecular weight excluding hydrogens is 413 g/mol. The number of hydrogen-bond acceptors (Lipinski definition) is 2. The standard InChI is InChI=1S/C8HF15O2/c9-2(1(24)25,7(18,19)20)3(10,11)4(12,13)5(14,15)6(16,17)8(21,22)23/h(H,24,25)/p-1. The van der Waals surface area contributed by atoms with Crippen LogP contribution in [0.3, 0.4) is 0 Å². The quantitative estimate of drug-likeness (QED) is 0.651. The molecule has 0 aliphatic carbocycles. The Labute approximate surface area is 125 Å². The summed E-state index contributed by atoms with van der Waals surface area (Å²) >= 11 is 0. The van der Waals surface area contributed by atoms with Crippen LogP contribution in [0.5, 0.6) is 0 Å². The molecule has 25 heavy (non-hydrogen) atoms. The molecule has 2 nitrogen and oxygen atoms in total. The third kappa shape index (κ3) is 2.74. The van der Waals surface area contributed by atoms with Gasteiger partial charge in [-0.05, 0) is 0 Å². The van der Waals surface area contributed by atoms with E-state index >= 15 is 0 Å². The Balaban J connectivity index is 6.72. The first-order valence-corrected chi connectivity index (χ1v) is 4.99. The fourth-order valence-electron chi connectivity index (χ4n) is 1.21. The first-order chi connectivity index (χ1) is 10.4. The molecule has 0 rings (SSSR count). The van der Waals surface area contributed by atoms with Gasteiger partial charge >= 0.3 is 41.7 Å². The van der Waals surface area contributed by atoms with Crippen LogP contribution in [-0.4, -0.2) is 47.7 Å². The highest BCUT2D eigenvalue weighted by molar-refractivity contribution is 5.78. The van der Waals surface area contributed by atoms with Crippen molar-refractivity contribution in [2.24, 2.45) is 0 Å². The van der Waals surface area contributed by atoms with E-state index in [-0.39, 0.29) is 0 Å². The van der Waals surface area contributed by atoms with Gasteiger partial charge in [0.25, 0.3) is 0 Å². The maximum absolute atomic E-state index is 13.0. The van der Waals surface area contributed by atoms with E-state index in [1.165, 1.54) is 0 Å². The van der Waals surface area contributed by atoms with Crippen LogP contribution in [0.2, 0.25) is 0 Å². The van der Waals surface area contributed by atoms with E-state index in [9.17, 15) is 75.8 Å². The molecule has 0 aliphatic heterocycles. The molecule has 0 radical (unpaired) electrons. The monoisotopic (exact) mass is 413 g/mol. The first-order valence-electron chi connectivity index (χ1n) is 4.99. The topological polar surface area (TPSA) is 40.1 Å². The Kier molecular flexibility index (Phi) is 5.11. The van der Waals surface area contributed by atoms with Crippen molar-refractivity contribution in [2.75, 3.05) is 0 Å². The molecular formula is C8F15O2-. The molecule has 0 aromatic rings. The molecule has 0 aromatic carbocycles. The lowest BCUT2D eigenvalue weighted by atomic mass is 9.86. The highest BCUT2D eigenvalue weighted by Crippen LogP contribution is 2.61. The number of halogens is 15. The lowest BCUT2D eigenvalue weighted by Crippen LogP contribution is -2.76. The summed E-state index contributed by atoms with van der Waals surface area (Å²) in [7, 11) is 0. The fraction of sp³-hybridized carbons (Fsp3) is 0.875. The summed E-state index contributed by atoms with van der Waals surface area (Å²) in [5.74, 6) is -38.2. The van der Waals surface area contributed by atoms with Crippen LogP contribution in [0.25, 0.3) is 0 Å². The van der Waals surface area contributed by atoms with Crippen LogP contribution in [0.1, 0.15) is 0 Å². The van der Waals surface area contributed by atoms with Crippen LogP contribution in [0, 0.1) is 0 Å². The molecule has 0 bridgehead atoms. The molecule has 0 fully saturated rings. The van der Waals surface area contributed by atoms with Gasteiger partial charge < -0.3 is 9.90 Å². The zero-order valence-corrected chi connectivity index (χ0v) is 10.5.